The van der Waals surface area contributed by atoms with E-state index in [4.69, 9.17) is 10.2 Å². The monoisotopic (exact) mass is 439 g/mol. The molecular weight excluding hydrogens is 422 g/mol. The summed E-state index contributed by atoms with van der Waals surface area (Å²) < 4.78 is 0. The molecule has 0 radical (unpaired) electrons. The summed E-state index contributed by atoms with van der Waals surface area (Å²) in [7, 11) is 0. The van der Waals surface area contributed by atoms with E-state index in [1.165, 1.54) is 24.3 Å². The molecule has 3 N–H and O–H groups in total. The molecule has 0 spiro atoms. The van der Waals surface area contributed by atoms with Crippen LogP contribution in [0.3, 0.4) is 0 Å². The molecule has 7 nitrogen and oxygen atoms in total. The number of carbonyl (C=O) groups excluding carboxylic acids is 2. The number of fused-ring (bicyclic) bond motifs is 1. The van der Waals surface area contributed by atoms with Crippen molar-refractivity contribution in [2.45, 2.75) is 0 Å². The molecule has 1 heterocycles. The Morgan fingerprint density at radius 1 is 0.636 bits per heavy atom. The van der Waals surface area contributed by atoms with Gasteiger partial charge in [0, 0.05) is 0 Å². The minimum atomic E-state index is -1.02. The minimum absolute atomic E-state index is 0.168. The molecule has 0 saturated carbocycles. The number of carboxylic acid groups (broad SMARTS) is 2. The van der Waals surface area contributed by atoms with Crippen LogP contribution >= 0.6 is 0 Å². The largest absolute Gasteiger partial charge is 0.478 e. The summed E-state index contributed by atoms with van der Waals surface area (Å²) in [5, 5.41) is 20.3. The van der Waals surface area contributed by atoms with Crippen LogP contribution in [-0.2, 0) is 0 Å². The molecule has 0 saturated heterocycles. The Morgan fingerprint density at radius 2 is 1.12 bits per heavy atom. The van der Waals surface area contributed by atoms with Crippen LogP contribution in [0, 0.1) is 0 Å². The molecule has 0 aromatic heterocycles. The van der Waals surface area contributed by atoms with E-state index in [0.717, 1.165) is 11.1 Å². The zero-order valence-electron chi connectivity index (χ0n) is 17.1. The van der Waals surface area contributed by atoms with E-state index in [1.54, 1.807) is 60.7 Å². The molecule has 4 rings (SSSR count). The van der Waals surface area contributed by atoms with Crippen molar-refractivity contribution < 1.29 is 29.4 Å². The lowest BCUT2D eigenvalue weighted by Gasteiger charge is -2.05. The second kappa shape index (κ2) is 8.76. The first-order valence-electron chi connectivity index (χ1n) is 9.88. The van der Waals surface area contributed by atoms with Crippen LogP contribution in [-0.4, -0.2) is 34.0 Å². The van der Waals surface area contributed by atoms with Crippen molar-refractivity contribution in [1.82, 2.24) is 5.32 Å². The van der Waals surface area contributed by atoms with E-state index in [2.05, 4.69) is 5.32 Å². The average Bonchev–Trinajstić information content (AvgIpc) is 3.10. The van der Waals surface area contributed by atoms with Gasteiger partial charge in [-0.3, -0.25) is 14.9 Å². The number of carbonyl (C=O) groups is 4. The van der Waals surface area contributed by atoms with E-state index in [-0.39, 0.29) is 22.3 Å². The maximum absolute atomic E-state index is 12.3. The summed E-state index contributed by atoms with van der Waals surface area (Å²) in [5.41, 5.74) is 3.63. The standard InChI is InChI=1S/C26H17NO6/c28-23-21-14-17(2-1-15-3-8-18(9-4-15)25(30)31)13-20(22(21)24(29)27-23)12-7-16-5-10-19(11-6-16)26(32)33/h1-14H,(H,30,31)(H,32,33)(H,27,28,29). The third-order valence-electron chi connectivity index (χ3n) is 5.13. The summed E-state index contributed by atoms with van der Waals surface area (Å²) in [6.07, 6.45) is 6.98. The fourth-order valence-electron chi connectivity index (χ4n) is 3.43. The Hall–Kier alpha value is -4.78. The van der Waals surface area contributed by atoms with Gasteiger partial charge in [0.1, 0.15) is 0 Å². The normalized spacial score (nSPS) is 12.8. The molecule has 1 aliphatic heterocycles. The molecule has 0 unspecified atom stereocenters. The van der Waals surface area contributed by atoms with Gasteiger partial charge in [0.05, 0.1) is 22.3 Å². The van der Waals surface area contributed by atoms with Crippen LogP contribution in [0.4, 0.5) is 0 Å². The number of rotatable bonds is 6. The van der Waals surface area contributed by atoms with Crippen LogP contribution in [0.15, 0.2) is 60.7 Å². The maximum Gasteiger partial charge on any atom is 0.335 e. The highest BCUT2D eigenvalue weighted by atomic mass is 16.4. The molecule has 0 aliphatic carbocycles. The van der Waals surface area contributed by atoms with E-state index < -0.39 is 23.8 Å². The summed E-state index contributed by atoms with van der Waals surface area (Å²) in [5.74, 6) is -2.98. The van der Waals surface area contributed by atoms with Crippen molar-refractivity contribution in [2.24, 2.45) is 0 Å². The number of amides is 2. The first-order valence-corrected chi connectivity index (χ1v) is 9.88. The minimum Gasteiger partial charge on any atom is -0.478 e. The van der Waals surface area contributed by atoms with Crippen LogP contribution in [0.25, 0.3) is 24.3 Å². The fraction of sp³-hybridized carbons (Fsp3) is 0. The van der Waals surface area contributed by atoms with E-state index in [1.807, 2.05) is 0 Å². The summed E-state index contributed by atoms with van der Waals surface area (Å²) >= 11 is 0. The third-order valence-corrected chi connectivity index (χ3v) is 5.13. The van der Waals surface area contributed by atoms with E-state index >= 15 is 0 Å². The molecule has 0 fully saturated rings. The van der Waals surface area contributed by atoms with Gasteiger partial charge in [-0.05, 0) is 58.7 Å². The van der Waals surface area contributed by atoms with Crippen molar-refractivity contribution in [2.75, 3.05) is 0 Å². The Morgan fingerprint density at radius 3 is 1.64 bits per heavy atom. The Labute approximate surface area is 188 Å². The second-order valence-corrected chi connectivity index (χ2v) is 7.34. The smallest absolute Gasteiger partial charge is 0.335 e. The topological polar surface area (TPSA) is 121 Å². The molecule has 2 amide bonds. The van der Waals surface area contributed by atoms with Crippen molar-refractivity contribution in [3.05, 3.63) is 105 Å². The third kappa shape index (κ3) is 4.62. The van der Waals surface area contributed by atoms with Gasteiger partial charge in [-0.15, -0.1) is 0 Å². The van der Waals surface area contributed by atoms with Crippen molar-refractivity contribution in [3.8, 4) is 0 Å². The quantitative estimate of drug-likeness (QED) is 0.389. The predicted octanol–water partition coefficient (Wildman–Crippen LogP) is 4.31. The van der Waals surface area contributed by atoms with Gasteiger partial charge in [-0.2, -0.15) is 0 Å². The summed E-state index contributed by atoms with van der Waals surface area (Å²) in [4.78, 5) is 46.5. The average molecular weight is 439 g/mol. The predicted molar refractivity (Wildman–Crippen MR) is 123 cm³/mol. The number of hydrogen-bond donors (Lipinski definition) is 3. The van der Waals surface area contributed by atoms with Gasteiger partial charge in [0.15, 0.2) is 0 Å². The van der Waals surface area contributed by atoms with Gasteiger partial charge in [0.25, 0.3) is 11.8 Å². The highest BCUT2D eigenvalue weighted by Crippen LogP contribution is 2.26. The number of aromatic carboxylic acids is 2. The highest BCUT2D eigenvalue weighted by molar-refractivity contribution is 6.23. The van der Waals surface area contributed by atoms with Gasteiger partial charge in [-0.1, -0.05) is 48.6 Å². The second-order valence-electron chi connectivity index (χ2n) is 7.34. The number of nitrogens with one attached hydrogen (secondary N) is 1. The zero-order chi connectivity index (χ0) is 23.5. The van der Waals surface area contributed by atoms with E-state index in [9.17, 15) is 19.2 Å². The van der Waals surface area contributed by atoms with Crippen LogP contribution in [0.5, 0.6) is 0 Å². The first-order chi connectivity index (χ1) is 15.8. The Bertz CT molecular complexity index is 1350. The van der Waals surface area contributed by atoms with Crippen LogP contribution < -0.4 is 5.32 Å². The first kappa shape index (κ1) is 21.5. The van der Waals surface area contributed by atoms with Crippen molar-refractivity contribution >= 4 is 48.1 Å². The van der Waals surface area contributed by atoms with E-state index in [0.29, 0.717) is 11.1 Å². The molecule has 1 aliphatic rings. The maximum atomic E-state index is 12.3. The summed E-state index contributed by atoms with van der Waals surface area (Å²) in [6.45, 7) is 0. The lowest BCUT2D eigenvalue weighted by molar-refractivity contribution is 0.0686. The highest BCUT2D eigenvalue weighted by Gasteiger charge is 2.29. The molecule has 0 atom stereocenters. The van der Waals surface area contributed by atoms with Gasteiger partial charge < -0.3 is 10.2 Å². The molecule has 3 aromatic rings. The number of carboxylic acids is 2. The summed E-state index contributed by atoms with van der Waals surface area (Å²) in [6, 6.07) is 16.0. The lowest BCUT2D eigenvalue weighted by Crippen LogP contribution is -2.20. The molecule has 7 heteroatoms. The molecule has 162 valence electrons. The Kier molecular flexibility index (Phi) is 5.69. The molecule has 0 bridgehead atoms. The van der Waals surface area contributed by atoms with Crippen LogP contribution in [0.2, 0.25) is 0 Å². The van der Waals surface area contributed by atoms with Crippen molar-refractivity contribution in [3.63, 3.8) is 0 Å². The van der Waals surface area contributed by atoms with Crippen molar-refractivity contribution in [1.29, 1.82) is 0 Å². The lowest BCUT2D eigenvalue weighted by atomic mass is 9.97. The number of imide groups is 1. The molecule has 3 aromatic carbocycles. The zero-order valence-corrected chi connectivity index (χ0v) is 17.1. The molecular formula is C26H17NO6. The van der Waals surface area contributed by atoms with Gasteiger partial charge in [-0.25, -0.2) is 9.59 Å². The molecule has 33 heavy (non-hydrogen) atoms. The van der Waals surface area contributed by atoms with Crippen LogP contribution in [0.1, 0.15) is 63.7 Å². The SMILES string of the molecule is O=C(O)c1ccc(C=Cc2cc(C=Cc3ccc(C(=O)O)cc3)c3c(c2)C(=O)NC3=O)cc1. The fourth-order valence-corrected chi connectivity index (χ4v) is 3.43. The number of hydrogen-bond acceptors (Lipinski definition) is 4. The van der Waals surface area contributed by atoms with Gasteiger partial charge in [0.2, 0.25) is 0 Å². The Balaban J connectivity index is 1.67. The number of benzene rings is 3. The van der Waals surface area contributed by atoms with Gasteiger partial charge >= 0.3 is 11.9 Å².